The van der Waals surface area contributed by atoms with Crippen LogP contribution in [0.5, 0.6) is 0 Å². The van der Waals surface area contributed by atoms with E-state index in [0.717, 1.165) is 24.1 Å². The maximum absolute atomic E-state index is 12.3. The summed E-state index contributed by atoms with van der Waals surface area (Å²) in [6.07, 6.45) is 3.57. The summed E-state index contributed by atoms with van der Waals surface area (Å²) in [6, 6.07) is 3.38. The normalized spacial score (nSPS) is 16.0. The summed E-state index contributed by atoms with van der Waals surface area (Å²) in [7, 11) is 0. The number of thiophene rings is 1. The number of amides is 1. The summed E-state index contributed by atoms with van der Waals surface area (Å²) >= 11 is 1.49. The van der Waals surface area contributed by atoms with Crippen LogP contribution in [0, 0.1) is 5.92 Å². The monoisotopic (exact) mass is 318 g/mol. The molecule has 1 aliphatic rings. The van der Waals surface area contributed by atoms with E-state index in [2.05, 4.69) is 20.5 Å². The molecule has 2 heterocycles. The first kappa shape index (κ1) is 14.9. The molecule has 0 spiro atoms. The van der Waals surface area contributed by atoms with E-state index in [0.29, 0.717) is 12.2 Å². The molecule has 7 heteroatoms. The Morgan fingerprint density at radius 1 is 1.50 bits per heavy atom. The summed E-state index contributed by atoms with van der Waals surface area (Å²) in [6.45, 7) is 1.92. The van der Waals surface area contributed by atoms with Crippen molar-refractivity contribution in [2.45, 2.75) is 38.6 Å². The SMILES string of the molecule is CCC(NC(=O)C1CCC1)c1nnc(-c2cccs2)[nH]c1=O. The Labute approximate surface area is 132 Å². The average molecular weight is 318 g/mol. The molecule has 2 aromatic heterocycles. The number of aromatic nitrogens is 3. The number of H-pyrrole nitrogens is 1. The van der Waals surface area contributed by atoms with Crippen molar-refractivity contribution in [3.8, 4) is 10.7 Å². The number of aromatic amines is 1. The Kier molecular flexibility index (Phi) is 4.33. The van der Waals surface area contributed by atoms with Crippen LogP contribution in [-0.4, -0.2) is 21.1 Å². The lowest BCUT2D eigenvalue weighted by Crippen LogP contribution is -2.39. The van der Waals surface area contributed by atoms with Crippen LogP contribution >= 0.6 is 11.3 Å². The first-order valence-electron chi connectivity index (χ1n) is 7.50. The zero-order chi connectivity index (χ0) is 15.5. The van der Waals surface area contributed by atoms with Gasteiger partial charge < -0.3 is 10.3 Å². The van der Waals surface area contributed by atoms with Crippen molar-refractivity contribution in [3.05, 3.63) is 33.6 Å². The Balaban J connectivity index is 1.80. The standard InChI is InChI=1S/C15H18N4O2S/c1-2-10(16-14(20)9-5-3-6-9)12-15(21)17-13(19-18-12)11-7-4-8-22-11/h4,7-10H,2-3,5-6H2,1H3,(H,16,20)(H,17,19,21). The van der Waals surface area contributed by atoms with Gasteiger partial charge in [0.05, 0.1) is 10.9 Å². The van der Waals surface area contributed by atoms with E-state index in [1.807, 2.05) is 24.4 Å². The molecular formula is C15H18N4O2S. The lowest BCUT2D eigenvalue weighted by atomic mass is 9.84. The van der Waals surface area contributed by atoms with Gasteiger partial charge in [-0.15, -0.1) is 21.5 Å². The largest absolute Gasteiger partial charge is 0.347 e. The Morgan fingerprint density at radius 3 is 2.86 bits per heavy atom. The number of hydrogen-bond donors (Lipinski definition) is 2. The van der Waals surface area contributed by atoms with Crippen molar-refractivity contribution in [2.75, 3.05) is 0 Å². The highest BCUT2D eigenvalue weighted by Crippen LogP contribution is 2.27. The molecule has 1 fully saturated rings. The summed E-state index contributed by atoms with van der Waals surface area (Å²) in [5.41, 5.74) is -0.0189. The molecular weight excluding hydrogens is 300 g/mol. The van der Waals surface area contributed by atoms with Gasteiger partial charge in [0.1, 0.15) is 0 Å². The van der Waals surface area contributed by atoms with Crippen molar-refractivity contribution < 1.29 is 4.79 Å². The van der Waals surface area contributed by atoms with Gasteiger partial charge in [-0.2, -0.15) is 0 Å². The fraction of sp³-hybridized carbons (Fsp3) is 0.467. The van der Waals surface area contributed by atoms with Gasteiger partial charge in [-0.05, 0) is 30.7 Å². The van der Waals surface area contributed by atoms with E-state index in [9.17, 15) is 9.59 Å². The predicted molar refractivity (Wildman–Crippen MR) is 84.5 cm³/mol. The summed E-state index contributed by atoms with van der Waals surface area (Å²) in [5.74, 6) is 0.567. The molecule has 0 radical (unpaired) electrons. The topological polar surface area (TPSA) is 87.7 Å². The zero-order valence-electron chi connectivity index (χ0n) is 12.3. The van der Waals surface area contributed by atoms with E-state index in [1.165, 1.54) is 11.3 Å². The van der Waals surface area contributed by atoms with Gasteiger partial charge in [0.2, 0.25) is 5.91 Å². The van der Waals surface area contributed by atoms with Crippen molar-refractivity contribution in [1.82, 2.24) is 20.5 Å². The Morgan fingerprint density at radius 2 is 2.32 bits per heavy atom. The Bertz CT molecular complexity index is 707. The third-order valence-electron chi connectivity index (χ3n) is 4.01. The van der Waals surface area contributed by atoms with Crippen LogP contribution in [0.2, 0.25) is 0 Å². The smallest absolute Gasteiger partial charge is 0.275 e. The van der Waals surface area contributed by atoms with Crippen LogP contribution < -0.4 is 10.9 Å². The third kappa shape index (κ3) is 2.94. The second-order valence-electron chi connectivity index (χ2n) is 5.46. The number of carbonyl (C=O) groups is 1. The van der Waals surface area contributed by atoms with Gasteiger partial charge >= 0.3 is 0 Å². The minimum Gasteiger partial charge on any atom is -0.347 e. The molecule has 1 saturated carbocycles. The van der Waals surface area contributed by atoms with Crippen molar-refractivity contribution in [2.24, 2.45) is 5.92 Å². The molecule has 1 amide bonds. The highest BCUT2D eigenvalue weighted by molar-refractivity contribution is 7.13. The highest BCUT2D eigenvalue weighted by Gasteiger charge is 2.28. The highest BCUT2D eigenvalue weighted by atomic mass is 32.1. The number of carbonyl (C=O) groups excluding carboxylic acids is 1. The van der Waals surface area contributed by atoms with Crippen LogP contribution in [0.1, 0.15) is 44.3 Å². The van der Waals surface area contributed by atoms with Crippen LogP contribution in [0.4, 0.5) is 0 Å². The Hall–Kier alpha value is -2.02. The van der Waals surface area contributed by atoms with E-state index in [-0.39, 0.29) is 29.1 Å². The molecule has 0 bridgehead atoms. The molecule has 22 heavy (non-hydrogen) atoms. The molecule has 2 N–H and O–H groups in total. The second kappa shape index (κ2) is 6.39. The first-order chi connectivity index (χ1) is 10.7. The molecule has 0 aromatic carbocycles. The zero-order valence-corrected chi connectivity index (χ0v) is 13.2. The van der Waals surface area contributed by atoms with Crippen LogP contribution in [-0.2, 0) is 4.79 Å². The van der Waals surface area contributed by atoms with Crippen LogP contribution in [0.25, 0.3) is 10.7 Å². The number of hydrogen-bond acceptors (Lipinski definition) is 5. The minimum absolute atomic E-state index is 0.0154. The number of rotatable bonds is 5. The number of nitrogens with zero attached hydrogens (tertiary/aromatic N) is 2. The van der Waals surface area contributed by atoms with Gasteiger partial charge in [-0.1, -0.05) is 19.4 Å². The molecule has 6 nitrogen and oxygen atoms in total. The van der Waals surface area contributed by atoms with Gasteiger partial charge in [0.15, 0.2) is 11.5 Å². The lowest BCUT2D eigenvalue weighted by molar-refractivity contribution is -0.128. The molecule has 3 rings (SSSR count). The number of nitrogens with one attached hydrogen (secondary N) is 2. The summed E-state index contributed by atoms with van der Waals surface area (Å²) in [4.78, 5) is 27.9. The molecule has 1 unspecified atom stereocenters. The maximum atomic E-state index is 12.3. The van der Waals surface area contributed by atoms with E-state index in [4.69, 9.17) is 0 Å². The average Bonchev–Trinajstić information content (AvgIpc) is 2.97. The maximum Gasteiger partial charge on any atom is 0.275 e. The van der Waals surface area contributed by atoms with Crippen molar-refractivity contribution >= 4 is 17.2 Å². The van der Waals surface area contributed by atoms with Gasteiger partial charge in [-0.3, -0.25) is 9.59 Å². The van der Waals surface area contributed by atoms with E-state index in [1.54, 1.807) is 0 Å². The van der Waals surface area contributed by atoms with E-state index >= 15 is 0 Å². The molecule has 0 aliphatic heterocycles. The predicted octanol–water partition coefficient (Wildman–Crippen LogP) is 2.26. The van der Waals surface area contributed by atoms with Crippen molar-refractivity contribution in [1.29, 1.82) is 0 Å². The molecule has 2 aromatic rings. The molecule has 1 atom stereocenters. The molecule has 116 valence electrons. The quantitative estimate of drug-likeness (QED) is 0.885. The summed E-state index contributed by atoms with van der Waals surface area (Å²) < 4.78 is 0. The minimum atomic E-state index is -0.387. The summed E-state index contributed by atoms with van der Waals surface area (Å²) in [5, 5.41) is 13.0. The first-order valence-corrected chi connectivity index (χ1v) is 8.38. The van der Waals surface area contributed by atoms with Gasteiger partial charge in [0, 0.05) is 5.92 Å². The second-order valence-corrected chi connectivity index (χ2v) is 6.41. The van der Waals surface area contributed by atoms with Gasteiger partial charge in [-0.25, -0.2) is 0 Å². The molecule has 1 aliphatic carbocycles. The molecule has 0 saturated heterocycles. The van der Waals surface area contributed by atoms with Crippen LogP contribution in [0.3, 0.4) is 0 Å². The fourth-order valence-corrected chi connectivity index (χ4v) is 3.09. The lowest BCUT2D eigenvalue weighted by Gasteiger charge is -2.26. The van der Waals surface area contributed by atoms with E-state index < -0.39 is 0 Å². The van der Waals surface area contributed by atoms with Gasteiger partial charge in [0.25, 0.3) is 5.56 Å². The van der Waals surface area contributed by atoms with Crippen LogP contribution in [0.15, 0.2) is 22.3 Å². The van der Waals surface area contributed by atoms with Crippen molar-refractivity contribution in [3.63, 3.8) is 0 Å². The fourth-order valence-electron chi connectivity index (χ4n) is 2.42. The third-order valence-corrected chi connectivity index (χ3v) is 4.88.